The Kier molecular flexibility index (Phi) is 3.15. The smallest absolute Gasteiger partial charge is 0.409 e. The third kappa shape index (κ3) is 2.16. The van der Waals surface area contributed by atoms with E-state index in [1.165, 1.54) is 23.4 Å². The summed E-state index contributed by atoms with van der Waals surface area (Å²) in [5.74, 6) is 0. The Morgan fingerprint density at radius 2 is 2.33 bits per heavy atom. The lowest BCUT2D eigenvalue weighted by Crippen LogP contribution is -2.57. The number of nitro groups is 1. The first-order valence-electron chi connectivity index (χ1n) is 6.92. The molecule has 0 radical (unpaired) electrons. The van der Waals surface area contributed by atoms with Gasteiger partial charge in [0.25, 0.3) is 0 Å². The van der Waals surface area contributed by atoms with Crippen molar-refractivity contribution in [3.05, 3.63) is 28.6 Å². The van der Waals surface area contributed by atoms with Crippen molar-refractivity contribution in [1.29, 1.82) is 0 Å². The zero-order chi connectivity index (χ0) is 15.0. The van der Waals surface area contributed by atoms with Crippen molar-refractivity contribution in [2.45, 2.75) is 43.8 Å². The first-order chi connectivity index (χ1) is 10.0. The Morgan fingerprint density at radius 1 is 1.52 bits per heavy atom. The molecule has 1 aromatic heterocycles. The van der Waals surface area contributed by atoms with Gasteiger partial charge in [-0.2, -0.15) is 0 Å². The van der Waals surface area contributed by atoms with Gasteiger partial charge in [0, 0.05) is 12.2 Å². The molecule has 0 aliphatic carbocycles. The number of nitrogens with zero attached hydrogens (tertiary/aromatic N) is 3. The van der Waals surface area contributed by atoms with Crippen molar-refractivity contribution in [3.8, 4) is 0 Å². The maximum Gasteiger partial charge on any atom is 0.409 e. The molecule has 1 amide bonds. The second-order valence-corrected chi connectivity index (χ2v) is 5.54. The standard InChI is InChI=1S/C13H16N4O4/c18-12(19)16-9-2-1-5-13(16,6-3-9)15-10-4-7-14-8-11(10)17(20)21/h4,7-9H,1-3,5-6H2,(H,14,15)(H,18,19). The number of amides is 1. The fourth-order valence-electron chi connectivity index (χ4n) is 3.57. The van der Waals surface area contributed by atoms with Crippen LogP contribution in [-0.2, 0) is 0 Å². The van der Waals surface area contributed by atoms with Gasteiger partial charge in [0.2, 0.25) is 0 Å². The van der Waals surface area contributed by atoms with Crippen molar-refractivity contribution in [2.75, 3.05) is 5.32 Å². The zero-order valence-electron chi connectivity index (χ0n) is 11.4. The number of rotatable bonds is 3. The van der Waals surface area contributed by atoms with Crippen molar-refractivity contribution >= 4 is 17.5 Å². The van der Waals surface area contributed by atoms with Gasteiger partial charge in [-0.25, -0.2) is 4.79 Å². The molecule has 2 N–H and O–H groups in total. The Labute approximate surface area is 120 Å². The first-order valence-corrected chi connectivity index (χ1v) is 6.92. The van der Waals surface area contributed by atoms with Gasteiger partial charge < -0.3 is 10.4 Å². The summed E-state index contributed by atoms with van der Waals surface area (Å²) in [5.41, 5.74) is -0.545. The SMILES string of the molecule is O=C(O)N1C2CCCC1(Nc1ccncc1[N+](=O)[O-])CC2. The van der Waals surface area contributed by atoms with Gasteiger partial charge in [0.05, 0.1) is 4.92 Å². The number of fused-ring (bicyclic) bond motifs is 2. The second-order valence-electron chi connectivity index (χ2n) is 5.54. The maximum atomic E-state index is 11.6. The van der Waals surface area contributed by atoms with Crippen molar-refractivity contribution in [3.63, 3.8) is 0 Å². The van der Waals surface area contributed by atoms with E-state index >= 15 is 0 Å². The fourth-order valence-corrected chi connectivity index (χ4v) is 3.57. The number of hydrogen-bond donors (Lipinski definition) is 2. The number of pyridine rings is 1. The Hall–Kier alpha value is -2.38. The molecule has 3 heterocycles. The number of nitrogens with one attached hydrogen (secondary N) is 1. The topological polar surface area (TPSA) is 109 Å². The van der Waals surface area contributed by atoms with Crippen LogP contribution in [0.4, 0.5) is 16.2 Å². The van der Waals surface area contributed by atoms with Crippen molar-refractivity contribution in [1.82, 2.24) is 9.88 Å². The molecule has 2 atom stereocenters. The summed E-state index contributed by atoms with van der Waals surface area (Å²) in [6.45, 7) is 0. The van der Waals surface area contributed by atoms with E-state index in [1.807, 2.05) is 0 Å². The van der Waals surface area contributed by atoms with E-state index in [1.54, 1.807) is 0 Å². The summed E-state index contributed by atoms with van der Waals surface area (Å²) in [6, 6.07) is 1.53. The lowest BCUT2D eigenvalue weighted by Gasteiger charge is -2.43. The second kappa shape index (κ2) is 4.87. The number of carboxylic acid groups (broad SMARTS) is 1. The van der Waals surface area contributed by atoms with Gasteiger partial charge in [-0.3, -0.25) is 20.0 Å². The van der Waals surface area contributed by atoms with E-state index < -0.39 is 16.7 Å². The van der Waals surface area contributed by atoms with Gasteiger partial charge in [-0.1, -0.05) is 0 Å². The van der Waals surface area contributed by atoms with Crippen LogP contribution in [-0.4, -0.2) is 37.7 Å². The van der Waals surface area contributed by atoms with E-state index in [4.69, 9.17) is 0 Å². The average molecular weight is 292 g/mol. The average Bonchev–Trinajstić information content (AvgIpc) is 2.66. The monoisotopic (exact) mass is 292 g/mol. The van der Waals surface area contributed by atoms with E-state index in [-0.39, 0.29) is 11.7 Å². The summed E-state index contributed by atoms with van der Waals surface area (Å²) < 4.78 is 0. The van der Waals surface area contributed by atoms with Gasteiger partial charge in [0.1, 0.15) is 17.5 Å². The van der Waals surface area contributed by atoms with E-state index in [2.05, 4.69) is 10.3 Å². The van der Waals surface area contributed by atoms with Crippen LogP contribution < -0.4 is 5.32 Å². The highest BCUT2D eigenvalue weighted by atomic mass is 16.6. The number of piperidine rings is 1. The highest BCUT2D eigenvalue weighted by Gasteiger charge is 2.52. The minimum absolute atomic E-state index is 0.00430. The van der Waals surface area contributed by atoms with Crippen LogP contribution in [0.25, 0.3) is 0 Å². The van der Waals surface area contributed by atoms with E-state index in [0.29, 0.717) is 18.5 Å². The summed E-state index contributed by atoms with van der Waals surface area (Å²) in [7, 11) is 0. The van der Waals surface area contributed by atoms with Crippen LogP contribution in [0.1, 0.15) is 32.1 Å². The van der Waals surface area contributed by atoms with Gasteiger partial charge in [0.15, 0.2) is 0 Å². The molecular weight excluding hydrogens is 276 g/mol. The first kappa shape index (κ1) is 13.6. The molecule has 112 valence electrons. The van der Waals surface area contributed by atoms with Gasteiger partial charge in [-0.05, 0) is 38.2 Å². The van der Waals surface area contributed by atoms with Crippen LogP contribution in [0.2, 0.25) is 0 Å². The molecule has 0 saturated carbocycles. The Morgan fingerprint density at radius 3 is 3.05 bits per heavy atom. The molecule has 2 unspecified atom stereocenters. The third-order valence-electron chi connectivity index (χ3n) is 4.42. The minimum Gasteiger partial charge on any atom is -0.465 e. The van der Waals surface area contributed by atoms with Gasteiger partial charge >= 0.3 is 11.8 Å². The molecular formula is C13H16N4O4. The van der Waals surface area contributed by atoms with Crippen LogP contribution in [0.3, 0.4) is 0 Å². The lowest BCUT2D eigenvalue weighted by molar-refractivity contribution is -0.384. The Bertz CT molecular complexity index is 589. The normalized spacial score (nSPS) is 27.4. The van der Waals surface area contributed by atoms with Crippen molar-refractivity contribution < 1.29 is 14.8 Å². The summed E-state index contributed by atoms with van der Waals surface area (Å²) in [6.07, 6.45) is 5.57. The van der Waals surface area contributed by atoms with Crippen LogP contribution in [0, 0.1) is 10.1 Å². The Balaban J connectivity index is 1.96. The fraction of sp³-hybridized carbons (Fsp3) is 0.538. The predicted molar refractivity (Wildman–Crippen MR) is 74.0 cm³/mol. The van der Waals surface area contributed by atoms with Crippen LogP contribution in [0.15, 0.2) is 18.5 Å². The molecule has 2 saturated heterocycles. The molecule has 8 nitrogen and oxygen atoms in total. The van der Waals surface area contributed by atoms with E-state index in [0.717, 1.165) is 19.3 Å². The molecule has 21 heavy (non-hydrogen) atoms. The molecule has 0 spiro atoms. The predicted octanol–water partition coefficient (Wildman–Crippen LogP) is 2.42. The quantitative estimate of drug-likeness (QED) is 0.654. The molecule has 2 aliphatic heterocycles. The molecule has 2 fully saturated rings. The summed E-state index contributed by atoms with van der Waals surface area (Å²) in [4.78, 5) is 27.3. The van der Waals surface area contributed by atoms with Crippen LogP contribution >= 0.6 is 0 Å². The maximum absolute atomic E-state index is 11.6. The molecule has 2 bridgehead atoms. The minimum atomic E-state index is -0.971. The molecule has 3 rings (SSSR count). The van der Waals surface area contributed by atoms with Crippen molar-refractivity contribution in [2.24, 2.45) is 0 Å². The molecule has 2 aliphatic rings. The van der Waals surface area contributed by atoms with Gasteiger partial charge in [-0.15, -0.1) is 0 Å². The summed E-state index contributed by atoms with van der Waals surface area (Å²) >= 11 is 0. The zero-order valence-corrected chi connectivity index (χ0v) is 11.4. The number of hydrogen-bond acceptors (Lipinski definition) is 5. The molecule has 8 heteroatoms. The molecule has 1 aromatic rings. The van der Waals surface area contributed by atoms with Crippen LogP contribution in [0.5, 0.6) is 0 Å². The molecule has 0 aromatic carbocycles. The van der Waals surface area contributed by atoms with E-state index in [9.17, 15) is 20.0 Å². The largest absolute Gasteiger partial charge is 0.465 e. The highest BCUT2D eigenvalue weighted by molar-refractivity contribution is 5.70. The highest BCUT2D eigenvalue weighted by Crippen LogP contribution is 2.45. The third-order valence-corrected chi connectivity index (χ3v) is 4.42. The number of aromatic nitrogens is 1. The number of carbonyl (C=O) groups is 1. The lowest BCUT2D eigenvalue weighted by atomic mass is 9.96. The summed E-state index contributed by atoms with van der Waals surface area (Å²) in [5, 5.41) is 23.7. The number of anilines is 1.